The fourth-order valence-electron chi connectivity index (χ4n) is 3.96. The molecule has 0 unspecified atom stereocenters. The molecule has 1 saturated heterocycles. The Balaban J connectivity index is 1.39. The zero-order valence-electron chi connectivity index (χ0n) is 16.2. The van der Waals surface area contributed by atoms with Crippen molar-refractivity contribution in [1.29, 1.82) is 0 Å². The summed E-state index contributed by atoms with van der Waals surface area (Å²) in [7, 11) is -3.41. The van der Waals surface area contributed by atoms with E-state index in [9.17, 15) is 8.42 Å². The fourth-order valence-corrected chi connectivity index (χ4v) is 5.56. The van der Waals surface area contributed by atoms with Crippen LogP contribution in [-0.2, 0) is 9.84 Å². The summed E-state index contributed by atoms with van der Waals surface area (Å²) >= 11 is 0. The van der Waals surface area contributed by atoms with Crippen molar-refractivity contribution in [1.82, 2.24) is 4.90 Å². The Labute approximate surface area is 167 Å². The van der Waals surface area contributed by atoms with Crippen LogP contribution in [0.4, 0.5) is 0 Å². The molecule has 2 aromatic carbocycles. The van der Waals surface area contributed by atoms with Gasteiger partial charge in [0.25, 0.3) is 0 Å². The van der Waals surface area contributed by atoms with Gasteiger partial charge in [0, 0.05) is 6.54 Å². The predicted octanol–water partition coefficient (Wildman–Crippen LogP) is 3.85. The molecule has 5 nitrogen and oxygen atoms in total. The summed E-state index contributed by atoms with van der Waals surface area (Å²) in [5.41, 5.74) is 0.843. The number of rotatable bonds is 6. The Morgan fingerprint density at radius 3 is 2.54 bits per heavy atom. The summed E-state index contributed by atoms with van der Waals surface area (Å²) in [4.78, 5) is 2.75. The maximum Gasteiger partial charge on any atom is 0.188 e. The van der Waals surface area contributed by atoms with Gasteiger partial charge < -0.3 is 14.4 Å². The van der Waals surface area contributed by atoms with Crippen molar-refractivity contribution in [3.63, 3.8) is 0 Å². The minimum atomic E-state index is -3.41. The van der Waals surface area contributed by atoms with Crippen LogP contribution in [0.5, 0.6) is 11.5 Å². The third-order valence-electron chi connectivity index (χ3n) is 5.62. The molecule has 2 heterocycles. The zero-order chi connectivity index (χ0) is 19.6. The van der Waals surface area contributed by atoms with Crippen LogP contribution in [0.2, 0.25) is 0 Å². The van der Waals surface area contributed by atoms with Gasteiger partial charge >= 0.3 is 0 Å². The van der Waals surface area contributed by atoms with E-state index in [-0.39, 0.29) is 4.90 Å². The molecule has 2 atom stereocenters. The van der Waals surface area contributed by atoms with Crippen molar-refractivity contribution in [3.8, 4) is 11.5 Å². The van der Waals surface area contributed by atoms with Crippen molar-refractivity contribution in [2.45, 2.75) is 42.4 Å². The lowest BCUT2D eigenvalue weighted by atomic mass is 10.1. The summed E-state index contributed by atoms with van der Waals surface area (Å²) in [6.07, 6.45) is 3.11. The summed E-state index contributed by atoms with van der Waals surface area (Å²) < 4.78 is 37.5. The Morgan fingerprint density at radius 1 is 1.07 bits per heavy atom. The molecule has 150 valence electrons. The van der Waals surface area contributed by atoms with Crippen molar-refractivity contribution < 1.29 is 17.9 Å². The van der Waals surface area contributed by atoms with E-state index < -0.39 is 21.2 Å². The van der Waals surface area contributed by atoms with Crippen molar-refractivity contribution in [3.05, 3.63) is 54.1 Å². The lowest BCUT2D eigenvalue weighted by molar-refractivity contribution is 0.188. The van der Waals surface area contributed by atoms with Gasteiger partial charge in [-0.25, -0.2) is 8.42 Å². The number of fused-ring (bicyclic) bond motifs is 1. The number of ether oxygens (including phenoxy) is 2. The van der Waals surface area contributed by atoms with Gasteiger partial charge in [-0.15, -0.1) is 0 Å². The Morgan fingerprint density at radius 2 is 1.79 bits per heavy atom. The van der Waals surface area contributed by atoms with Crippen molar-refractivity contribution in [2.24, 2.45) is 0 Å². The zero-order valence-corrected chi connectivity index (χ0v) is 17.0. The van der Waals surface area contributed by atoms with E-state index in [1.807, 2.05) is 24.3 Å². The smallest absolute Gasteiger partial charge is 0.188 e. The molecule has 0 aliphatic carbocycles. The second kappa shape index (κ2) is 8.13. The minimum absolute atomic E-state index is 0.275. The first-order valence-electron chi connectivity index (χ1n) is 10.0. The van der Waals surface area contributed by atoms with Gasteiger partial charge in [0.05, 0.1) is 6.61 Å². The lowest BCUT2D eigenvalue weighted by Gasteiger charge is -2.31. The normalized spacial score (nSPS) is 23.8. The molecule has 0 aromatic heterocycles. The third kappa shape index (κ3) is 3.89. The second-order valence-electron chi connectivity index (χ2n) is 7.56. The van der Waals surface area contributed by atoms with Crippen LogP contribution in [0.15, 0.2) is 53.4 Å². The van der Waals surface area contributed by atoms with Crippen LogP contribution in [-0.4, -0.2) is 44.8 Å². The van der Waals surface area contributed by atoms with Crippen LogP contribution < -0.4 is 9.47 Å². The lowest BCUT2D eigenvalue weighted by Crippen LogP contribution is -2.33. The molecule has 28 heavy (non-hydrogen) atoms. The van der Waals surface area contributed by atoms with E-state index in [0.717, 1.165) is 24.3 Å². The number of hydrogen-bond donors (Lipinski definition) is 0. The molecular weight excluding hydrogens is 374 g/mol. The van der Waals surface area contributed by atoms with E-state index >= 15 is 0 Å². The van der Waals surface area contributed by atoms with E-state index in [2.05, 4.69) is 4.90 Å². The van der Waals surface area contributed by atoms with Crippen LogP contribution in [0.25, 0.3) is 0 Å². The number of nitrogens with zero attached hydrogens (tertiary/aromatic N) is 1. The van der Waals surface area contributed by atoms with Gasteiger partial charge in [0.15, 0.2) is 9.84 Å². The molecule has 0 N–H and O–H groups in total. The second-order valence-corrected chi connectivity index (χ2v) is 9.83. The highest BCUT2D eigenvalue weighted by molar-refractivity contribution is 7.92. The minimum Gasteiger partial charge on any atom is -0.494 e. The first kappa shape index (κ1) is 19.3. The first-order chi connectivity index (χ1) is 13.6. The van der Waals surface area contributed by atoms with Gasteiger partial charge in [0.2, 0.25) is 0 Å². The van der Waals surface area contributed by atoms with Crippen LogP contribution in [0.3, 0.4) is 0 Å². The number of sulfone groups is 1. The molecule has 0 spiro atoms. The molecule has 1 fully saturated rings. The fraction of sp³-hybridized carbons (Fsp3) is 0.455. The highest BCUT2D eigenvalue weighted by Gasteiger charge is 2.40. The first-order valence-corrected chi connectivity index (χ1v) is 11.5. The third-order valence-corrected chi connectivity index (χ3v) is 7.80. The standard InChI is InChI=1S/C22H27NO4S/c1-17-22(27-20-7-2-3-8-21(20)28(17,24)25)18-9-11-19(12-10-18)26-16-6-15-23-13-4-5-14-23/h2-3,7-12,17,22H,4-6,13-16H2,1H3/t17-,22+/m0/s1. The Hall–Kier alpha value is -2.05. The van der Waals surface area contributed by atoms with Crippen LogP contribution in [0, 0.1) is 0 Å². The average molecular weight is 402 g/mol. The van der Waals surface area contributed by atoms with E-state index in [4.69, 9.17) is 9.47 Å². The summed E-state index contributed by atoms with van der Waals surface area (Å²) in [6.45, 7) is 5.90. The topological polar surface area (TPSA) is 55.8 Å². The van der Waals surface area contributed by atoms with Crippen molar-refractivity contribution in [2.75, 3.05) is 26.2 Å². The number of hydrogen-bond acceptors (Lipinski definition) is 5. The molecule has 2 aliphatic rings. The van der Waals surface area contributed by atoms with Gasteiger partial charge in [0.1, 0.15) is 27.7 Å². The molecule has 2 aliphatic heterocycles. The van der Waals surface area contributed by atoms with Crippen LogP contribution in [0.1, 0.15) is 37.9 Å². The predicted molar refractivity (Wildman–Crippen MR) is 109 cm³/mol. The number of para-hydroxylation sites is 1. The summed E-state index contributed by atoms with van der Waals surface area (Å²) in [6, 6.07) is 14.4. The van der Waals surface area contributed by atoms with Gasteiger partial charge in [-0.05, 0) is 69.1 Å². The maximum atomic E-state index is 12.8. The monoisotopic (exact) mass is 401 g/mol. The molecule has 0 amide bonds. The largest absolute Gasteiger partial charge is 0.494 e. The van der Waals surface area contributed by atoms with E-state index in [1.165, 1.54) is 25.9 Å². The number of likely N-dealkylation sites (tertiary alicyclic amines) is 1. The summed E-state index contributed by atoms with van der Waals surface area (Å²) in [5.74, 6) is 1.23. The molecule has 0 radical (unpaired) electrons. The Bertz CT molecular complexity index is 904. The SMILES string of the molecule is C[C@H]1[C@H](c2ccc(OCCCN3CCCC3)cc2)Oc2ccccc2S1(=O)=O. The Kier molecular flexibility index (Phi) is 5.60. The average Bonchev–Trinajstić information content (AvgIpc) is 3.22. The van der Waals surface area contributed by atoms with E-state index in [1.54, 1.807) is 31.2 Å². The number of benzene rings is 2. The van der Waals surface area contributed by atoms with Gasteiger partial charge in [-0.3, -0.25) is 0 Å². The van der Waals surface area contributed by atoms with E-state index in [0.29, 0.717) is 12.4 Å². The van der Waals surface area contributed by atoms with Gasteiger partial charge in [-0.1, -0.05) is 24.3 Å². The van der Waals surface area contributed by atoms with Gasteiger partial charge in [-0.2, -0.15) is 0 Å². The van der Waals surface area contributed by atoms with Crippen molar-refractivity contribution >= 4 is 9.84 Å². The quantitative estimate of drug-likeness (QED) is 0.688. The molecule has 6 heteroatoms. The summed E-state index contributed by atoms with van der Waals surface area (Å²) in [5, 5.41) is -0.644. The highest BCUT2D eigenvalue weighted by atomic mass is 32.2. The molecular formula is C22H27NO4S. The molecule has 0 bridgehead atoms. The highest BCUT2D eigenvalue weighted by Crippen LogP contribution is 2.40. The van der Waals surface area contributed by atoms with Crippen LogP contribution >= 0.6 is 0 Å². The maximum absolute atomic E-state index is 12.8. The molecule has 2 aromatic rings. The molecule has 0 saturated carbocycles. The molecule has 4 rings (SSSR count).